The van der Waals surface area contributed by atoms with Gasteiger partial charge in [-0.15, -0.1) is 0 Å². The van der Waals surface area contributed by atoms with E-state index >= 15 is 0 Å². The molecule has 0 radical (unpaired) electrons. The number of hydrogen-bond donors (Lipinski definition) is 1. The fraction of sp³-hybridized carbons (Fsp3) is 0.545. The number of carbonyl (C=O) groups is 1. The molecule has 2 aliphatic rings. The van der Waals surface area contributed by atoms with Gasteiger partial charge in [-0.2, -0.15) is 0 Å². The lowest BCUT2D eigenvalue weighted by Gasteiger charge is -2.17. The lowest BCUT2D eigenvalue weighted by Crippen LogP contribution is -2.19. The van der Waals surface area contributed by atoms with Crippen molar-refractivity contribution in [2.75, 3.05) is 13.1 Å². The zero-order valence-electron chi connectivity index (χ0n) is 8.15. The highest BCUT2D eigenvalue weighted by Gasteiger charge is 2.24. The zero-order chi connectivity index (χ0) is 9.97. The quantitative estimate of drug-likeness (QED) is 0.677. The van der Waals surface area contributed by atoms with Crippen molar-refractivity contribution in [3.63, 3.8) is 0 Å². The van der Waals surface area contributed by atoms with Crippen LogP contribution in [0.3, 0.4) is 0 Å². The molecular weight excluding hydrogens is 178 g/mol. The molecule has 1 heterocycles. The number of hydrogen-bond acceptors (Lipinski definition) is 2. The first-order chi connectivity index (χ1) is 6.79. The number of allylic oxidation sites excluding steroid dienone is 3. The van der Waals surface area contributed by atoms with E-state index in [4.69, 9.17) is 0 Å². The van der Waals surface area contributed by atoms with Gasteiger partial charge in [0, 0.05) is 19.5 Å². The van der Waals surface area contributed by atoms with Crippen LogP contribution in [0.4, 0.5) is 0 Å². The van der Waals surface area contributed by atoms with Crippen LogP contribution in [-0.2, 0) is 4.79 Å². The number of rotatable bonds is 2. The molecule has 1 aliphatic heterocycles. The van der Waals surface area contributed by atoms with Crippen molar-refractivity contribution in [3.8, 4) is 0 Å². The molecule has 1 aliphatic carbocycles. The molecule has 3 nitrogen and oxygen atoms in total. The molecule has 3 heteroatoms. The summed E-state index contributed by atoms with van der Waals surface area (Å²) in [5.41, 5.74) is 1.38. The SMILES string of the molecule is O=CN1CCC(C2=CC=C(O)CC2)C1. The van der Waals surface area contributed by atoms with Crippen molar-refractivity contribution in [2.24, 2.45) is 5.92 Å². The molecule has 0 saturated carbocycles. The number of nitrogens with zero attached hydrogens (tertiary/aromatic N) is 1. The van der Waals surface area contributed by atoms with Gasteiger partial charge in [0.1, 0.15) is 0 Å². The molecule has 1 amide bonds. The lowest BCUT2D eigenvalue weighted by atomic mass is 9.91. The largest absolute Gasteiger partial charge is 0.512 e. The molecule has 1 N–H and O–H groups in total. The summed E-state index contributed by atoms with van der Waals surface area (Å²) < 4.78 is 0. The topological polar surface area (TPSA) is 40.5 Å². The minimum absolute atomic E-state index is 0.471. The van der Waals surface area contributed by atoms with E-state index in [-0.39, 0.29) is 0 Å². The van der Waals surface area contributed by atoms with Gasteiger partial charge in [-0.3, -0.25) is 4.79 Å². The van der Waals surface area contributed by atoms with Crippen molar-refractivity contribution in [3.05, 3.63) is 23.5 Å². The number of amides is 1. The van der Waals surface area contributed by atoms with Gasteiger partial charge in [-0.05, 0) is 24.8 Å². The van der Waals surface area contributed by atoms with Crippen molar-refractivity contribution < 1.29 is 9.90 Å². The fourth-order valence-electron chi connectivity index (χ4n) is 2.17. The van der Waals surface area contributed by atoms with Gasteiger partial charge in [0.15, 0.2) is 0 Å². The summed E-state index contributed by atoms with van der Waals surface area (Å²) in [6.07, 6.45) is 7.49. The molecule has 76 valence electrons. The molecule has 0 bridgehead atoms. The Balaban J connectivity index is 2.00. The fourth-order valence-corrected chi connectivity index (χ4v) is 2.17. The van der Waals surface area contributed by atoms with Crippen LogP contribution in [0, 0.1) is 5.92 Å². The maximum absolute atomic E-state index is 10.5. The van der Waals surface area contributed by atoms with Crippen molar-refractivity contribution in [2.45, 2.75) is 19.3 Å². The molecule has 0 aromatic rings. The highest BCUT2D eigenvalue weighted by Crippen LogP contribution is 2.29. The zero-order valence-corrected chi connectivity index (χ0v) is 8.15. The van der Waals surface area contributed by atoms with Crippen LogP contribution >= 0.6 is 0 Å². The molecular formula is C11H15NO2. The number of carbonyl (C=O) groups excluding carboxylic acids is 1. The first-order valence-corrected chi connectivity index (χ1v) is 5.07. The normalized spacial score (nSPS) is 27.1. The minimum atomic E-state index is 0.471. The first-order valence-electron chi connectivity index (χ1n) is 5.07. The number of aliphatic hydroxyl groups is 1. The summed E-state index contributed by atoms with van der Waals surface area (Å²) in [5.74, 6) is 0.989. The Labute approximate surface area is 83.7 Å². The smallest absolute Gasteiger partial charge is 0.209 e. The van der Waals surface area contributed by atoms with E-state index in [0.29, 0.717) is 11.7 Å². The first kappa shape index (κ1) is 9.31. The van der Waals surface area contributed by atoms with Crippen molar-refractivity contribution in [1.82, 2.24) is 4.90 Å². The van der Waals surface area contributed by atoms with Gasteiger partial charge in [0.05, 0.1) is 5.76 Å². The predicted octanol–water partition coefficient (Wildman–Crippen LogP) is 1.63. The van der Waals surface area contributed by atoms with Crippen LogP contribution in [0.25, 0.3) is 0 Å². The van der Waals surface area contributed by atoms with Crippen molar-refractivity contribution in [1.29, 1.82) is 0 Å². The number of aliphatic hydroxyl groups excluding tert-OH is 1. The van der Waals surface area contributed by atoms with E-state index in [1.807, 2.05) is 11.0 Å². The third kappa shape index (κ3) is 1.81. The van der Waals surface area contributed by atoms with E-state index in [9.17, 15) is 9.90 Å². The molecule has 0 spiro atoms. The average molecular weight is 193 g/mol. The van der Waals surface area contributed by atoms with E-state index in [2.05, 4.69) is 0 Å². The van der Waals surface area contributed by atoms with Crippen LogP contribution in [0.2, 0.25) is 0 Å². The molecule has 1 atom stereocenters. The van der Waals surface area contributed by atoms with Gasteiger partial charge in [-0.1, -0.05) is 11.6 Å². The predicted molar refractivity (Wildman–Crippen MR) is 53.8 cm³/mol. The van der Waals surface area contributed by atoms with Crippen LogP contribution in [0.15, 0.2) is 23.5 Å². The van der Waals surface area contributed by atoms with Crippen molar-refractivity contribution >= 4 is 6.41 Å². The third-order valence-corrected chi connectivity index (χ3v) is 3.05. The Kier molecular flexibility index (Phi) is 2.57. The molecule has 2 rings (SSSR count). The monoisotopic (exact) mass is 193 g/mol. The van der Waals surface area contributed by atoms with E-state index in [0.717, 1.165) is 38.8 Å². The van der Waals surface area contributed by atoms with E-state index in [1.54, 1.807) is 6.08 Å². The second kappa shape index (κ2) is 3.86. The van der Waals surface area contributed by atoms with Crippen LogP contribution in [0.5, 0.6) is 0 Å². The Morgan fingerprint density at radius 1 is 1.43 bits per heavy atom. The summed E-state index contributed by atoms with van der Waals surface area (Å²) in [5, 5.41) is 9.22. The van der Waals surface area contributed by atoms with Gasteiger partial charge < -0.3 is 10.0 Å². The van der Waals surface area contributed by atoms with Crippen LogP contribution in [-0.4, -0.2) is 29.5 Å². The van der Waals surface area contributed by atoms with Gasteiger partial charge >= 0.3 is 0 Å². The highest BCUT2D eigenvalue weighted by molar-refractivity contribution is 5.48. The van der Waals surface area contributed by atoms with Crippen LogP contribution < -0.4 is 0 Å². The summed E-state index contributed by atoms with van der Waals surface area (Å²) in [4.78, 5) is 12.4. The lowest BCUT2D eigenvalue weighted by molar-refractivity contribution is -0.117. The summed E-state index contributed by atoms with van der Waals surface area (Å²) in [6.45, 7) is 1.73. The Bertz CT molecular complexity index is 294. The van der Waals surface area contributed by atoms with E-state index in [1.165, 1.54) is 5.57 Å². The molecule has 1 unspecified atom stereocenters. The van der Waals surface area contributed by atoms with E-state index < -0.39 is 0 Å². The molecule has 14 heavy (non-hydrogen) atoms. The molecule has 1 saturated heterocycles. The standard InChI is InChI=1S/C11H15NO2/c13-8-12-6-5-10(7-12)9-1-3-11(14)4-2-9/h1,3,8,10,14H,2,4-7H2. The van der Waals surface area contributed by atoms with Gasteiger partial charge in [0.2, 0.25) is 6.41 Å². The van der Waals surface area contributed by atoms with Gasteiger partial charge in [0.25, 0.3) is 0 Å². The summed E-state index contributed by atoms with van der Waals surface area (Å²) in [6, 6.07) is 0. The Hall–Kier alpha value is -1.25. The molecule has 0 aromatic heterocycles. The third-order valence-electron chi connectivity index (χ3n) is 3.05. The highest BCUT2D eigenvalue weighted by atomic mass is 16.3. The number of likely N-dealkylation sites (tertiary alicyclic amines) is 1. The summed E-state index contributed by atoms with van der Waals surface area (Å²) in [7, 11) is 0. The molecule has 0 aromatic carbocycles. The molecule has 1 fully saturated rings. The average Bonchev–Trinajstić information content (AvgIpc) is 2.67. The summed E-state index contributed by atoms with van der Waals surface area (Å²) >= 11 is 0. The van der Waals surface area contributed by atoms with Gasteiger partial charge in [-0.25, -0.2) is 0 Å². The maximum atomic E-state index is 10.5. The maximum Gasteiger partial charge on any atom is 0.209 e. The second-order valence-electron chi connectivity index (χ2n) is 3.99. The Morgan fingerprint density at radius 2 is 2.29 bits per heavy atom. The van der Waals surface area contributed by atoms with Crippen LogP contribution in [0.1, 0.15) is 19.3 Å². The Morgan fingerprint density at radius 3 is 2.86 bits per heavy atom. The minimum Gasteiger partial charge on any atom is -0.512 e. The second-order valence-corrected chi connectivity index (χ2v) is 3.99.